The molecule has 0 saturated carbocycles. The lowest BCUT2D eigenvalue weighted by atomic mass is 9.85. The summed E-state index contributed by atoms with van der Waals surface area (Å²) in [4.78, 5) is 10.9. The van der Waals surface area contributed by atoms with Crippen LogP contribution in [0, 0.1) is 18.3 Å². The smallest absolute Gasteiger partial charge is 0.328 e. The van der Waals surface area contributed by atoms with Gasteiger partial charge in [-0.1, -0.05) is 49.4 Å². The molecule has 0 aliphatic rings. The van der Waals surface area contributed by atoms with Crippen molar-refractivity contribution < 1.29 is 9.90 Å². The predicted octanol–water partition coefficient (Wildman–Crippen LogP) is 6.21. The van der Waals surface area contributed by atoms with E-state index in [-0.39, 0.29) is 0 Å². The summed E-state index contributed by atoms with van der Waals surface area (Å²) in [6.45, 7) is 4.11. The average molecular weight is 434 g/mol. The van der Waals surface area contributed by atoms with E-state index >= 15 is 0 Å². The number of benzene rings is 3. The molecule has 162 valence electrons. The molecule has 0 radical (unpaired) electrons. The molecule has 1 heterocycles. The Hall–Kier alpha value is -4.43. The fraction of sp³-hybridized carbons (Fsp3) is 0.107. The first-order valence-corrected chi connectivity index (χ1v) is 10.7. The molecule has 2 N–H and O–H groups in total. The largest absolute Gasteiger partial charge is 0.478 e. The molecular weight excluding hydrogens is 410 g/mol. The quantitative estimate of drug-likeness (QED) is 0.279. The molecule has 0 amide bonds. The highest BCUT2D eigenvalue weighted by Crippen LogP contribution is 2.37. The number of nitrogens with zero attached hydrogens (tertiary/aromatic N) is 2. The number of aliphatic carboxylic acids is 1. The number of carboxylic acids is 1. The maximum Gasteiger partial charge on any atom is 0.328 e. The number of nitriles is 1. The summed E-state index contributed by atoms with van der Waals surface area (Å²) in [6, 6.07) is 22.2. The SMILES string of the molecule is CCC(=C(c1ccc(C=CC(=O)O)cc1)c1ccc2[nH]ncc2c1)c1cccc(C#N)c1C. The first kappa shape index (κ1) is 21.8. The summed E-state index contributed by atoms with van der Waals surface area (Å²) in [5.74, 6) is -0.978. The zero-order valence-electron chi connectivity index (χ0n) is 18.5. The fourth-order valence-electron chi connectivity index (χ4n) is 4.13. The van der Waals surface area contributed by atoms with E-state index in [1.54, 1.807) is 6.08 Å². The third-order valence-electron chi connectivity index (χ3n) is 5.78. The number of hydrogen-bond donors (Lipinski definition) is 2. The Morgan fingerprint density at radius 2 is 1.88 bits per heavy atom. The summed E-state index contributed by atoms with van der Waals surface area (Å²) in [5.41, 5.74) is 8.74. The molecule has 4 rings (SSSR count). The Kier molecular flexibility index (Phi) is 6.19. The van der Waals surface area contributed by atoms with Crippen LogP contribution in [0.1, 0.15) is 46.7 Å². The number of carbonyl (C=O) groups is 1. The summed E-state index contributed by atoms with van der Waals surface area (Å²) in [7, 11) is 0. The zero-order chi connectivity index (χ0) is 23.4. The van der Waals surface area contributed by atoms with Gasteiger partial charge in [-0.2, -0.15) is 10.4 Å². The van der Waals surface area contributed by atoms with Crippen LogP contribution in [0.15, 0.2) is 72.9 Å². The van der Waals surface area contributed by atoms with E-state index in [2.05, 4.69) is 41.4 Å². The van der Waals surface area contributed by atoms with Gasteiger partial charge in [0.25, 0.3) is 0 Å². The van der Waals surface area contributed by atoms with Crippen LogP contribution in [0.3, 0.4) is 0 Å². The van der Waals surface area contributed by atoms with Crippen molar-refractivity contribution in [2.24, 2.45) is 0 Å². The molecule has 0 saturated heterocycles. The number of hydrogen-bond acceptors (Lipinski definition) is 3. The van der Waals surface area contributed by atoms with Crippen LogP contribution in [0.25, 0.3) is 28.1 Å². The van der Waals surface area contributed by atoms with Gasteiger partial charge in [0.1, 0.15) is 0 Å². The molecule has 0 spiro atoms. The molecule has 0 fully saturated rings. The average Bonchev–Trinajstić information content (AvgIpc) is 3.30. The van der Waals surface area contributed by atoms with Crippen LogP contribution < -0.4 is 0 Å². The second-order valence-electron chi connectivity index (χ2n) is 7.76. The van der Waals surface area contributed by atoms with Crippen molar-refractivity contribution in [3.05, 3.63) is 106 Å². The number of allylic oxidation sites excluding steroid dienone is 1. The zero-order valence-corrected chi connectivity index (χ0v) is 18.5. The molecule has 5 heteroatoms. The summed E-state index contributed by atoms with van der Waals surface area (Å²) >= 11 is 0. The molecule has 0 bridgehead atoms. The lowest BCUT2D eigenvalue weighted by molar-refractivity contribution is -0.131. The molecule has 0 unspecified atom stereocenters. The number of nitrogens with one attached hydrogen (secondary N) is 1. The Labute approximate surface area is 192 Å². The fourth-order valence-corrected chi connectivity index (χ4v) is 4.13. The van der Waals surface area contributed by atoms with E-state index < -0.39 is 5.97 Å². The number of fused-ring (bicyclic) bond motifs is 1. The maximum atomic E-state index is 10.9. The second kappa shape index (κ2) is 9.37. The van der Waals surface area contributed by atoms with Gasteiger partial charge in [-0.05, 0) is 76.6 Å². The summed E-state index contributed by atoms with van der Waals surface area (Å²) < 4.78 is 0. The second-order valence-corrected chi connectivity index (χ2v) is 7.76. The lowest BCUT2D eigenvalue weighted by Gasteiger charge is -2.18. The number of aromatic amines is 1. The minimum Gasteiger partial charge on any atom is -0.478 e. The Morgan fingerprint density at radius 1 is 1.12 bits per heavy atom. The van der Waals surface area contributed by atoms with Crippen molar-refractivity contribution >= 4 is 34.1 Å². The van der Waals surface area contributed by atoms with Gasteiger partial charge < -0.3 is 5.11 Å². The van der Waals surface area contributed by atoms with Crippen molar-refractivity contribution in [3.8, 4) is 6.07 Å². The maximum absolute atomic E-state index is 10.9. The number of H-pyrrole nitrogens is 1. The van der Waals surface area contributed by atoms with Gasteiger partial charge in [-0.25, -0.2) is 4.79 Å². The monoisotopic (exact) mass is 433 g/mol. The van der Waals surface area contributed by atoms with Crippen molar-refractivity contribution in [1.29, 1.82) is 5.26 Å². The Morgan fingerprint density at radius 3 is 2.58 bits per heavy atom. The van der Waals surface area contributed by atoms with Crippen LogP contribution in [-0.4, -0.2) is 21.3 Å². The van der Waals surface area contributed by atoms with E-state index in [0.29, 0.717) is 5.56 Å². The van der Waals surface area contributed by atoms with Gasteiger partial charge in [0.2, 0.25) is 0 Å². The molecule has 4 aromatic rings. The van der Waals surface area contributed by atoms with Crippen molar-refractivity contribution in [2.75, 3.05) is 0 Å². The van der Waals surface area contributed by atoms with E-state index in [9.17, 15) is 10.1 Å². The third-order valence-corrected chi connectivity index (χ3v) is 5.78. The highest BCUT2D eigenvalue weighted by Gasteiger charge is 2.16. The lowest BCUT2D eigenvalue weighted by Crippen LogP contribution is -1.98. The summed E-state index contributed by atoms with van der Waals surface area (Å²) in [5, 5.41) is 26.6. The van der Waals surface area contributed by atoms with E-state index in [1.165, 1.54) is 0 Å². The van der Waals surface area contributed by atoms with Gasteiger partial charge >= 0.3 is 5.97 Å². The van der Waals surface area contributed by atoms with Crippen LogP contribution in [-0.2, 0) is 4.79 Å². The Balaban J connectivity index is 1.96. The van der Waals surface area contributed by atoms with Crippen LogP contribution in [0.2, 0.25) is 0 Å². The van der Waals surface area contributed by atoms with E-state index in [1.807, 2.05) is 55.6 Å². The highest BCUT2D eigenvalue weighted by molar-refractivity contribution is 6.01. The first-order valence-electron chi connectivity index (χ1n) is 10.7. The van der Waals surface area contributed by atoms with Gasteiger partial charge in [0, 0.05) is 11.5 Å². The van der Waals surface area contributed by atoms with Gasteiger partial charge in [-0.3, -0.25) is 5.10 Å². The van der Waals surface area contributed by atoms with Crippen LogP contribution >= 0.6 is 0 Å². The third kappa shape index (κ3) is 4.46. The van der Waals surface area contributed by atoms with Crippen molar-refractivity contribution in [2.45, 2.75) is 20.3 Å². The number of carboxylic acid groups (broad SMARTS) is 1. The van der Waals surface area contributed by atoms with Crippen molar-refractivity contribution in [1.82, 2.24) is 10.2 Å². The number of rotatable bonds is 6. The van der Waals surface area contributed by atoms with Gasteiger partial charge in [0.15, 0.2) is 0 Å². The van der Waals surface area contributed by atoms with Gasteiger partial charge in [0.05, 0.1) is 23.3 Å². The van der Waals surface area contributed by atoms with Crippen LogP contribution in [0.5, 0.6) is 0 Å². The number of aromatic nitrogens is 2. The Bertz CT molecular complexity index is 1430. The molecule has 0 aliphatic heterocycles. The van der Waals surface area contributed by atoms with Crippen LogP contribution in [0.4, 0.5) is 0 Å². The van der Waals surface area contributed by atoms with E-state index in [4.69, 9.17) is 5.11 Å². The highest BCUT2D eigenvalue weighted by atomic mass is 16.4. The van der Waals surface area contributed by atoms with Gasteiger partial charge in [-0.15, -0.1) is 0 Å². The van der Waals surface area contributed by atoms with Crippen molar-refractivity contribution in [3.63, 3.8) is 0 Å². The molecular formula is C28H23N3O2. The first-order chi connectivity index (χ1) is 16.0. The molecule has 3 aromatic carbocycles. The predicted molar refractivity (Wildman–Crippen MR) is 131 cm³/mol. The van der Waals surface area contributed by atoms with E-state index in [0.717, 1.165) is 62.4 Å². The topological polar surface area (TPSA) is 89.8 Å². The summed E-state index contributed by atoms with van der Waals surface area (Å²) in [6.07, 6.45) is 5.29. The molecule has 0 aliphatic carbocycles. The molecule has 0 atom stereocenters. The molecule has 33 heavy (non-hydrogen) atoms. The minimum absolute atomic E-state index is 0.664. The normalized spacial score (nSPS) is 12.0. The standard InChI is InChI=1S/C28H23N3O2/c1-3-24(25-6-4-5-22(16-29)18(25)2)28(21-12-13-26-23(15-21)17-30-31-26)20-10-7-19(8-11-20)9-14-27(32)33/h4-15,17H,3H2,1-2H3,(H,30,31)(H,32,33). The molecule has 5 nitrogen and oxygen atoms in total. The molecule has 1 aromatic heterocycles. The minimum atomic E-state index is -0.978.